The van der Waals surface area contributed by atoms with E-state index in [2.05, 4.69) is 20.5 Å². The van der Waals surface area contributed by atoms with Crippen LogP contribution in [0, 0.1) is 4.77 Å². The van der Waals surface area contributed by atoms with E-state index in [-0.39, 0.29) is 11.6 Å². The molecular formula is C24H22F3N5S. The van der Waals surface area contributed by atoms with Gasteiger partial charge in [0.05, 0.1) is 22.3 Å². The summed E-state index contributed by atoms with van der Waals surface area (Å²) < 4.78 is 43.3. The normalized spacial score (nSPS) is 15.1. The van der Waals surface area contributed by atoms with Gasteiger partial charge in [-0.25, -0.2) is 0 Å². The van der Waals surface area contributed by atoms with Crippen LogP contribution in [0.2, 0.25) is 0 Å². The predicted octanol–water partition coefficient (Wildman–Crippen LogP) is 6.91. The minimum Gasteiger partial charge on any atom is -0.381 e. The molecule has 33 heavy (non-hydrogen) atoms. The van der Waals surface area contributed by atoms with E-state index in [0.29, 0.717) is 27.2 Å². The predicted molar refractivity (Wildman–Crippen MR) is 125 cm³/mol. The highest BCUT2D eigenvalue weighted by atomic mass is 32.1. The molecule has 0 atom stereocenters. The van der Waals surface area contributed by atoms with Gasteiger partial charge in [0, 0.05) is 23.3 Å². The van der Waals surface area contributed by atoms with E-state index >= 15 is 0 Å². The quantitative estimate of drug-likeness (QED) is 0.319. The Morgan fingerprint density at radius 2 is 1.76 bits per heavy atom. The molecule has 2 N–H and O–H groups in total. The zero-order valence-electron chi connectivity index (χ0n) is 17.7. The van der Waals surface area contributed by atoms with Gasteiger partial charge in [-0.1, -0.05) is 49.6 Å². The summed E-state index contributed by atoms with van der Waals surface area (Å²) >= 11 is 5.48. The van der Waals surface area contributed by atoms with Gasteiger partial charge < -0.3 is 5.32 Å². The van der Waals surface area contributed by atoms with E-state index in [0.717, 1.165) is 37.4 Å². The average Bonchev–Trinajstić information content (AvgIpc) is 3.20. The van der Waals surface area contributed by atoms with Crippen molar-refractivity contribution in [2.75, 3.05) is 5.32 Å². The van der Waals surface area contributed by atoms with E-state index in [1.54, 1.807) is 10.6 Å². The minimum absolute atomic E-state index is 0.0764. The molecule has 4 aromatic rings. The molecule has 5 nitrogen and oxygen atoms in total. The number of rotatable bonds is 4. The summed E-state index contributed by atoms with van der Waals surface area (Å²) in [6.07, 6.45) is 2.25. The minimum atomic E-state index is -4.50. The van der Waals surface area contributed by atoms with E-state index in [1.165, 1.54) is 18.7 Å². The molecule has 1 saturated carbocycles. The van der Waals surface area contributed by atoms with Crippen LogP contribution in [0.15, 0.2) is 54.7 Å². The molecule has 0 aliphatic heterocycles. The third kappa shape index (κ3) is 4.13. The van der Waals surface area contributed by atoms with Crippen LogP contribution in [0.1, 0.15) is 37.7 Å². The molecule has 0 saturated heterocycles. The number of aromatic amines is 1. The SMILES string of the molecule is FC(F)(F)c1cccc2c(NC3CCCCC3)c(-c3n[nH]c(=S)n3-c3ccccc3)cnc12. The molecule has 1 aliphatic carbocycles. The first kappa shape index (κ1) is 21.6. The number of aromatic nitrogens is 4. The second kappa shape index (κ2) is 8.62. The molecule has 5 rings (SSSR count). The van der Waals surface area contributed by atoms with Gasteiger partial charge in [0.2, 0.25) is 0 Å². The van der Waals surface area contributed by atoms with Crippen molar-refractivity contribution in [2.24, 2.45) is 0 Å². The molecule has 0 unspecified atom stereocenters. The first-order valence-corrected chi connectivity index (χ1v) is 11.3. The van der Waals surface area contributed by atoms with Crippen LogP contribution in [-0.2, 0) is 6.18 Å². The van der Waals surface area contributed by atoms with Gasteiger partial charge in [-0.15, -0.1) is 0 Å². The Morgan fingerprint density at radius 3 is 2.48 bits per heavy atom. The maximum atomic E-state index is 13.7. The monoisotopic (exact) mass is 469 g/mol. The van der Waals surface area contributed by atoms with Crippen LogP contribution in [0.25, 0.3) is 28.0 Å². The number of nitrogens with one attached hydrogen (secondary N) is 2. The van der Waals surface area contributed by atoms with Gasteiger partial charge >= 0.3 is 6.18 Å². The maximum absolute atomic E-state index is 13.7. The average molecular weight is 470 g/mol. The van der Waals surface area contributed by atoms with E-state index in [1.807, 2.05) is 30.3 Å². The van der Waals surface area contributed by atoms with E-state index in [9.17, 15) is 13.2 Å². The summed E-state index contributed by atoms with van der Waals surface area (Å²) in [5, 5.41) is 11.2. The van der Waals surface area contributed by atoms with Crippen molar-refractivity contribution in [3.8, 4) is 17.1 Å². The summed E-state index contributed by atoms with van der Waals surface area (Å²) in [7, 11) is 0. The molecule has 2 aromatic heterocycles. The lowest BCUT2D eigenvalue weighted by Gasteiger charge is -2.26. The molecule has 1 fully saturated rings. The largest absolute Gasteiger partial charge is 0.418 e. The van der Waals surface area contributed by atoms with Crippen LogP contribution in [0.5, 0.6) is 0 Å². The molecule has 0 spiro atoms. The first-order valence-electron chi connectivity index (χ1n) is 10.9. The first-order chi connectivity index (χ1) is 15.9. The van der Waals surface area contributed by atoms with Crippen LogP contribution < -0.4 is 5.32 Å². The molecule has 0 bridgehead atoms. The number of benzene rings is 2. The fourth-order valence-corrected chi connectivity index (χ4v) is 4.76. The van der Waals surface area contributed by atoms with Gasteiger partial charge in [-0.3, -0.25) is 14.6 Å². The van der Waals surface area contributed by atoms with Gasteiger partial charge in [0.15, 0.2) is 10.6 Å². The van der Waals surface area contributed by atoms with Crippen molar-refractivity contribution >= 4 is 28.8 Å². The van der Waals surface area contributed by atoms with E-state index in [4.69, 9.17) is 12.2 Å². The summed E-state index contributed by atoms with van der Waals surface area (Å²) in [4.78, 5) is 4.26. The molecular weight excluding hydrogens is 447 g/mol. The molecule has 2 heterocycles. The lowest BCUT2D eigenvalue weighted by molar-refractivity contribution is -0.136. The number of anilines is 1. The second-order valence-electron chi connectivity index (χ2n) is 8.25. The molecule has 170 valence electrons. The third-order valence-corrected chi connectivity index (χ3v) is 6.36. The standard InChI is InChI=1S/C24H22F3N5S/c25-24(26,27)19-13-7-12-17-20(29-15-8-3-1-4-9-15)18(14-28-21(17)19)22-30-31-23(33)32(22)16-10-5-2-6-11-16/h2,5-7,10-15H,1,3-4,8-9H2,(H,28,29)(H,31,33). The van der Waals surface area contributed by atoms with Crippen molar-refractivity contribution < 1.29 is 13.2 Å². The maximum Gasteiger partial charge on any atom is 0.418 e. The van der Waals surface area contributed by atoms with Gasteiger partial charge in [0.25, 0.3) is 0 Å². The Bertz CT molecular complexity index is 1340. The number of nitrogens with zero attached hydrogens (tertiary/aromatic N) is 3. The molecule has 0 radical (unpaired) electrons. The van der Waals surface area contributed by atoms with Crippen LogP contribution in [0.4, 0.5) is 18.9 Å². The number of halogens is 3. The lowest BCUT2D eigenvalue weighted by Crippen LogP contribution is -2.23. The van der Waals surface area contributed by atoms with Crippen LogP contribution in [-0.4, -0.2) is 25.8 Å². The Hall–Kier alpha value is -3.20. The number of alkyl halides is 3. The zero-order valence-corrected chi connectivity index (χ0v) is 18.5. The van der Waals surface area contributed by atoms with Crippen molar-refractivity contribution in [3.63, 3.8) is 0 Å². The molecule has 2 aromatic carbocycles. The lowest BCUT2D eigenvalue weighted by atomic mass is 9.94. The fraction of sp³-hybridized carbons (Fsp3) is 0.292. The third-order valence-electron chi connectivity index (χ3n) is 6.08. The highest BCUT2D eigenvalue weighted by molar-refractivity contribution is 7.71. The van der Waals surface area contributed by atoms with Crippen LogP contribution >= 0.6 is 12.2 Å². The van der Waals surface area contributed by atoms with Gasteiger partial charge in [0.1, 0.15) is 0 Å². The molecule has 9 heteroatoms. The van der Waals surface area contributed by atoms with Crippen molar-refractivity contribution in [1.29, 1.82) is 0 Å². The van der Waals surface area contributed by atoms with Crippen molar-refractivity contribution in [3.05, 3.63) is 65.1 Å². The Labute approximate surface area is 193 Å². The molecule has 0 amide bonds. The Balaban J connectivity index is 1.75. The van der Waals surface area contributed by atoms with Crippen molar-refractivity contribution in [1.82, 2.24) is 19.7 Å². The fourth-order valence-electron chi connectivity index (χ4n) is 4.52. The van der Waals surface area contributed by atoms with Gasteiger partial charge in [-0.2, -0.15) is 18.3 Å². The van der Waals surface area contributed by atoms with Crippen molar-refractivity contribution in [2.45, 2.75) is 44.3 Å². The summed E-state index contributed by atoms with van der Waals surface area (Å²) in [6, 6.07) is 13.8. The van der Waals surface area contributed by atoms with E-state index < -0.39 is 11.7 Å². The Kier molecular flexibility index (Phi) is 5.65. The number of hydrogen-bond acceptors (Lipinski definition) is 4. The highest BCUT2D eigenvalue weighted by Gasteiger charge is 2.34. The topological polar surface area (TPSA) is 58.5 Å². The zero-order chi connectivity index (χ0) is 23.0. The summed E-state index contributed by atoms with van der Waals surface area (Å²) in [5.41, 5.74) is 1.18. The van der Waals surface area contributed by atoms with Gasteiger partial charge in [-0.05, 0) is 43.3 Å². The highest BCUT2D eigenvalue weighted by Crippen LogP contribution is 2.40. The summed E-state index contributed by atoms with van der Waals surface area (Å²) in [5.74, 6) is 0.497. The van der Waals surface area contributed by atoms with Crippen LogP contribution in [0.3, 0.4) is 0 Å². The number of pyridine rings is 1. The smallest absolute Gasteiger partial charge is 0.381 e. The number of fused-ring (bicyclic) bond motifs is 1. The molecule has 1 aliphatic rings. The second-order valence-corrected chi connectivity index (χ2v) is 8.64. The number of hydrogen-bond donors (Lipinski definition) is 2. The number of para-hydroxylation sites is 2. The number of H-pyrrole nitrogens is 1. The summed E-state index contributed by atoms with van der Waals surface area (Å²) in [6.45, 7) is 0. The Morgan fingerprint density at radius 1 is 1.00 bits per heavy atom.